The summed E-state index contributed by atoms with van der Waals surface area (Å²) < 4.78 is 2.03. The van der Waals surface area contributed by atoms with Crippen molar-refractivity contribution in [3.63, 3.8) is 0 Å². The Kier molecular flexibility index (Phi) is 5.51. The van der Waals surface area contributed by atoms with Gasteiger partial charge in [-0.15, -0.1) is 0 Å². The van der Waals surface area contributed by atoms with Gasteiger partial charge in [0.15, 0.2) is 0 Å². The van der Waals surface area contributed by atoms with E-state index in [9.17, 15) is 0 Å². The lowest BCUT2D eigenvalue weighted by Gasteiger charge is -2.18. The van der Waals surface area contributed by atoms with Gasteiger partial charge in [0.05, 0.1) is 0 Å². The van der Waals surface area contributed by atoms with Gasteiger partial charge < -0.3 is 5.32 Å². The van der Waals surface area contributed by atoms with E-state index < -0.39 is 0 Å². The highest BCUT2D eigenvalue weighted by molar-refractivity contribution is 5.26. The molecule has 1 N–H and O–H groups in total. The van der Waals surface area contributed by atoms with Crippen LogP contribution >= 0.6 is 0 Å². The van der Waals surface area contributed by atoms with Crippen LogP contribution in [0.2, 0.25) is 0 Å². The van der Waals surface area contributed by atoms with Crippen molar-refractivity contribution >= 4 is 0 Å². The number of rotatable bonds is 7. The maximum absolute atomic E-state index is 4.43. The van der Waals surface area contributed by atoms with Crippen LogP contribution in [-0.2, 0) is 19.4 Å². The van der Waals surface area contributed by atoms with Gasteiger partial charge in [-0.3, -0.25) is 0 Å². The van der Waals surface area contributed by atoms with E-state index in [-0.39, 0.29) is 0 Å². The summed E-state index contributed by atoms with van der Waals surface area (Å²) in [6.45, 7) is 7.50. The number of nitrogens with one attached hydrogen (secondary N) is 1. The van der Waals surface area contributed by atoms with E-state index in [2.05, 4.69) is 60.4 Å². The minimum absolute atomic E-state index is 0.376. The summed E-state index contributed by atoms with van der Waals surface area (Å²) in [6.07, 6.45) is 3.58. The molecule has 4 heteroatoms. The molecular formula is C17H26N4. The van der Waals surface area contributed by atoms with E-state index in [4.69, 9.17) is 0 Å². The molecule has 0 spiro atoms. The van der Waals surface area contributed by atoms with Crippen LogP contribution < -0.4 is 5.32 Å². The highest BCUT2D eigenvalue weighted by Gasteiger charge is 2.14. The van der Waals surface area contributed by atoms with Gasteiger partial charge in [-0.1, -0.05) is 38.1 Å². The second-order valence-electron chi connectivity index (χ2n) is 6.07. The Morgan fingerprint density at radius 2 is 1.95 bits per heavy atom. The molecule has 1 unspecified atom stereocenters. The number of benzene rings is 1. The largest absolute Gasteiger partial charge is 0.316 e. The Morgan fingerprint density at radius 1 is 1.19 bits per heavy atom. The molecule has 1 atom stereocenters. The smallest absolute Gasteiger partial charge is 0.138 e. The molecule has 4 nitrogen and oxygen atoms in total. The summed E-state index contributed by atoms with van der Waals surface area (Å²) in [6, 6.07) is 8.95. The lowest BCUT2D eigenvalue weighted by molar-refractivity contribution is 0.447. The van der Waals surface area contributed by atoms with Gasteiger partial charge in [0, 0.05) is 19.0 Å². The summed E-state index contributed by atoms with van der Waals surface area (Å²) in [4.78, 5) is 4.43. The van der Waals surface area contributed by atoms with Crippen molar-refractivity contribution in [3.8, 4) is 0 Å². The molecule has 0 aliphatic rings. The highest BCUT2D eigenvalue weighted by Crippen LogP contribution is 2.12. The fraction of sp³-hybridized carbons (Fsp3) is 0.529. The Hall–Kier alpha value is -1.68. The molecule has 0 fully saturated rings. The van der Waals surface area contributed by atoms with Gasteiger partial charge in [0.2, 0.25) is 0 Å². The van der Waals surface area contributed by atoms with Crippen molar-refractivity contribution in [2.75, 3.05) is 7.05 Å². The van der Waals surface area contributed by atoms with Gasteiger partial charge in [-0.05, 0) is 37.4 Å². The fourth-order valence-corrected chi connectivity index (χ4v) is 2.55. The summed E-state index contributed by atoms with van der Waals surface area (Å²) in [7, 11) is 2.02. The van der Waals surface area contributed by atoms with Crippen molar-refractivity contribution in [3.05, 3.63) is 47.5 Å². The quantitative estimate of drug-likeness (QED) is 0.851. The standard InChI is InChI=1S/C17H26N4/c1-13(2)11-21-17(19-12-20-21)10-16(18-4)9-15-8-6-5-7-14(15)3/h5-8,12-13,16,18H,9-11H2,1-4H3. The maximum Gasteiger partial charge on any atom is 0.138 e. The van der Waals surface area contributed by atoms with Gasteiger partial charge >= 0.3 is 0 Å². The number of nitrogens with zero attached hydrogens (tertiary/aromatic N) is 3. The average Bonchev–Trinajstić information content (AvgIpc) is 2.86. The van der Waals surface area contributed by atoms with Gasteiger partial charge in [-0.25, -0.2) is 9.67 Å². The van der Waals surface area contributed by atoms with E-state index in [0.717, 1.165) is 25.2 Å². The molecule has 0 saturated carbocycles. The van der Waals surface area contributed by atoms with Crippen molar-refractivity contribution in [2.45, 2.75) is 46.2 Å². The minimum atomic E-state index is 0.376. The molecular weight excluding hydrogens is 260 g/mol. The molecule has 2 aromatic rings. The first kappa shape index (κ1) is 15.7. The van der Waals surface area contributed by atoms with Crippen molar-refractivity contribution in [2.24, 2.45) is 5.92 Å². The third-order valence-corrected chi connectivity index (χ3v) is 3.80. The van der Waals surface area contributed by atoms with Gasteiger partial charge in [-0.2, -0.15) is 5.10 Å². The van der Waals surface area contributed by atoms with Crippen molar-refractivity contribution < 1.29 is 0 Å². The molecule has 21 heavy (non-hydrogen) atoms. The summed E-state index contributed by atoms with van der Waals surface area (Å²) in [5.74, 6) is 1.64. The second-order valence-corrected chi connectivity index (χ2v) is 6.07. The molecule has 2 rings (SSSR count). The van der Waals surface area contributed by atoms with E-state index in [1.807, 2.05) is 11.7 Å². The lowest BCUT2D eigenvalue weighted by Crippen LogP contribution is -2.31. The van der Waals surface area contributed by atoms with Crippen LogP contribution in [0.1, 0.15) is 30.8 Å². The summed E-state index contributed by atoms with van der Waals surface area (Å²) in [5.41, 5.74) is 2.74. The number of aryl methyl sites for hydroxylation is 1. The monoisotopic (exact) mass is 286 g/mol. The molecule has 0 radical (unpaired) electrons. The first-order chi connectivity index (χ1) is 10.1. The number of hydrogen-bond acceptors (Lipinski definition) is 3. The highest BCUT2D eigenvalue weighted by atomic mass is 15.3. The SMILES string of the molecule is CNC(Cc1ccccc1C)Cc1ncnn1CC(C)C. The van der Waals surface area contributed by atoms with Gasteiger partial charge in [0.1, 0.15) is 12.2 Å². The van der Waals surface area contributed by atoms with Crippen LogP contribution in [0.5, 0.6) is 0 Å². The number of aromatic nitrogens is 3. The van der Waals surface area contributed by atoms with E-state index in [1.165, 1.54) is 11.1 Å². The second kappa shape index (κ2) is 7.36. The van der Waals surface area contributed by atoms with Crippen molar-refractivity contribution in [1.29, 1.82) is 0 Å². The summed E-state index contributed by atoms with van der Waals surface area (Å²) >= 11 is 0. The first-order valence-electron chi connectivity index (χ1n) is 7.68. The zero-order chi connectivity index (χ0) is 15.2. The minimum Gasteiger partial charge on any atom is -0.316 e. The zero-order valence-electron chi connectivity index (χ0n) is 13.5. The van der Waals surface area contributed by atoms with Crippen LogP contribution in [0, 0.1) is 12.8 Å². The van der Waals surface area contributed by atoms with Crippen LogP contribution in [0.15, 0.2) is 30.6 Å². The van der Waals surface area contributed by atoms with E-state index >= 15 is 0 Å². The molecule has 114 valence electrons. The Bertz CT molecular complexity index is 559. The topological polar surface area (TPSA) is 42.7 Å². The van der Waals surface area contributed by atoms with Crippen LogP contribution in [0.3, 0.4) is 0 Å². The first-order valence-corrected chi connectivity index (χ1v) is 7.68. The Morgan fingerprint density at radius 3 is 2.62 bits per heavy atom. The normalized spacial score (nSPS) is 12.8. The Balaban J connectivity index is 2.06. The third kappa shape index (κ3) is 4.39. The van der Waals surface area contributed by atoms with E-state index in [0.29, 0.717) is 12.0 Å². The maximum atomic E-state index is 4.43. The van der Waals surface area contributed by atoms with Crippen LogP contribution in [0.25, 0.3) is 0 Å². The number of hydrogen-bond donors (Lipinski definition) is 1. The predicted molar refractivity (Wildman–Crippen MR) is 86.3 cm³/mol. The lowest BCUT2D eigenvalue weighted by atomic mass is 9.99. The molecule has 1 aromatic heterocycles. The molecule has 0 amide bonds. The van der Waals surface area contributed by atoms with E-state index in [1.54, 1.807) is 6.33 Å². The fourth-order valence-electron chi connectivity index (χ4n) is 2.55. The Labute approximate surface area is 127 Å². The molecule has 0 aliphatic carbocycles. The molecule has 0 saturated heterocycles. The third-order valence-electron chi connectivity index (χ3n) is 3.80. The predicted octanol–water partition coefficient (Wildman–Crippen LogP) is 2.62. The van der Waals surface area contributed by atoms with Crippen LogP contribution in [0.4, 0.5) is 0 Å². The molecule has 1 aromatic carbocycles. The average molecular weight is 286 g/mol. The van der Waals surface area contributed by atoms with Crippen molar-refractivity contribution in [1.82, 2.24) is 20.1 Å². The molecule has 0 bridgehead atoms. The van der Waals surface area contributed by atoms with Crippen LogP contribution in [-0.4, -0.2) is 27.9 Å². The zero-order valence-corrected chi connectivity index (χ0v) is 13.5. The number of likely N-dealkylation sites (N-methyl/N-ethyl adjacent to an activating group) is 1. The molecule has 0 aliphatic heterocycles. The summed E-state index contributed by atoms with van der Waals surface area (Å²) in [5, 5.41) is 7.76. The molecule has 1 heterocycles. The van der Waals surface area contributed by atoms with Gasteiger partial charge in [0.25, 0.3) is 0 Å².